The highest BCUT2D eigenvalue weighted by molar-refractivity contribution is 6.31. The van der Waals surface area contributed by atoms with Gasteiger partial charge in [-0.1, -0.05) is 29.3 Å². The molecule has 3 aromatic rings. The highest BCUT2D eigenvalue weighted by Crippen LogP contribution is 2.26. The number of benzene rings is 2. The van der Waals surface area contributed by atoms with Gasteiger partial charge in [-0.3, -0.25) is 0 Å². The zero-order chi connectivity index (χ0) is 15.7. The van der Waals surface area contributed by atoms with E-state index in [0.29, 0.717) is 21.7 Å². The number of carboxylic acids is 1. The topological polar surface area (TPSA) is 62.2 Å². The van der Waals surface area contributed by atoms with Gasteiger partial charge in [-0.2, -0.15) is 0 Å². The van der Waals surface area contributed by atoms with E-state index < -0.39 is 5.97 Å². The van der Waals surface area contributed by atoms with E-state index in [9.17, 15) is 9.90 Å². The van der Waals surface area contributed by atoms with E-state index in [-0.39, 0.29) is 5.56 Å². The molecule has 0 unspecified atom stereocenters. The fourth-order valence-corrected chi connectivity index (χ4v) is 2.36. The molecule has 0 aliphatic rings. The number of hydrogen-bond acceptors (Lipinski definition) is 3. The number of halogens is 1. The second-order valence-electron chi connectivity index (χ2n) is 5.02. The van der Waals surface area contributed by atoms with Gasteiger partial charge >= 0.3 is 5.97 Å². The summed E-state index contributed by atoms with van der Waals surface area (Å²) >= 11 is 5.94. The maximum atomic E-state index is 11.5. The molecule has 0 saturated heterocycles. The fraction of sp³-hybridized carbons (Fsp3) is 0.0588. The number of carboxylic acid groups (broad SMARTS) is 1. The molecule has 0 bridgehead atoms. The first kappa shape index (κ1) is 14.4. The molecule has 0 aliphatic carbocycles. The lowest BCUT2D eigenvalue weighted by Gasteiger charge is -2.10. The average Bonchev–Trinajstić information content (AvgIpc) is 2.49. The Morgan fingerprint density at radius 3 is 2.55 bits per heavy atom. The van der Waals surface area contributed by atoms with Crippen LogP contribution in [0.4, 0.5) is 11.5 Å². The number of aromatic carboxylic acids is 1. The minimum absolute atomic E-state index is 0.107. The number of aryl methyl sites for hydroxylation is 1. The minimum atomic E-state index is -1.04. The van der Waals surface area contributed by atoms with Gasteiger partial charge in [0.1, 0.15) is 11.4 Å². The summed E-state index contributed by atoms with van der Waals surface area (Å²) < 4.78 is 0. The molecule has 1 heterocycles. The third kappa shape index (κ3) is 2.87. The highest BCUT2D eigenvalue weighted by Gasteiger charge is 2.14. The number of fused-ring (bicyclic) bond motifs is 1. The Bertz CT molecular complexity index is 860. The zero-order valence-corrected chi connectivity index (χ0v) is 12.6. The highest BCUT2D eigenvalue weighted by atomic mass is 35.5. The van der Waals surface area contributed by atoms with Crippen molar-refractivity contribution in [1.82, 2.24) is 4.98 Å². The van der Waals surface area contributed by atoms with E-state index in [0.717, 1.165) is 11.3 Å². The molecule has 2 N–H and O–H groups in total. The quantitative estimate of drug-likeness (QED) is 0.739. The standard InChI is InChI=1S/C17H13ClN2O2/c1-10-2-5-13(6-3-10)19-16-14(17(21)22)9-11-8-12(18)4-7-15(11)20-16/h2-9H,1H3,(H,19,20)(H,21,22). The number of carbonyl (C=O) groups is 1. The summed E-state index contributed by atoms with van der Waals surface area (Å²) in [6.07, 6.45) is 0. The molecule has 3 rings (SSSR count). The van der Waals surface area contributed by atoms with Crippen molar-refractivity contribution in [3.63, 3.8) is 0 Å². The lowest BCUT2D eigenvalue weighted by Crippen LogP contribution is -2.05. The van der Waals surface area contributed by atoms with Gasteiger partial charge in [0.15, 0.2) is 0 Å². The second-order valence-corrected chi connectivity index (χ2v) is 5.45. The molecule has 0 spiro atoms. The van der Waals surface area contributed by atoms with E-state index >= 15 is 0 Å². The molecule has 0 amide bonds. The molecule has 1 aromatic heterocycles. The summed E-state index contributed by atoms with van der Waals surface area (Å²) in [5.74, 6) is -0.727. The molecule has 5 heteroatoms. The van der Waals surface area contributed by atoms with Crippen molar-refractivity contribution in [2.24, 2.45) is 0 Å². The predicted molar refractivity (Wildman–Crippen MR) is 88.2 cm³/mol. The van der Waals surface area contributed by atoms with Gasteiger partial charge in [0.05, 0.1) is 5.52 Å². The maximum absolute atomic E-state index is 11.5. The van der Waals surface area contributed by atoms with Crippen molar-refractivity contribution in [1.29, 1.82) is 0 Å². The van der Waals surface area contributed by atoms with Crippen molar-refractivity contribution >= 4 is 40.0 Å². The van der Waals surface area contributed by atoms with Crippen LogP contribution in [0.15, 0.2) is 48.5 Å². The first-order valence-electron chi connectivity index (χ1n) is 6.70. The van der Waals surface area contributed by atoms with Gasteiger partial charge in [-0.15, -0.1) is 0 Å². The molecule has 0 saturated carbocycles. The van der Waals surface area contributed by atoms with Gasteiger partial charge in [-0.25, -0.2) is 9.78 Å². The van der Waals surface area contributed by atoms with Gasteiger partial charge in [0.25, 0.3) is 0 Å². The summed E-state index contributed by atoms with van der Waals surface area (Å²) in [6.45, 7) is 1.99. The predicted octanol–water partition coefficient (Wildman–Crippen LogP) is 4.64. The zero-order valence-electron chi connectivity index (χ0n) is 11.8. The van der Waals surface area contributed by atoms with E-state index in [1.54, 1.807) is 24.3 Å². The van der Waals surface area contributed by atoms with Crippen LogP contribution in [0.2, 0.25) is 5.02 Å². The molecule has 0 radical (unpaired) electrons. The van der Waals surface area contributed by atoms with Crippen molar-refractivity contribution < 1.29 is 9.90 Å². The first-order valence-corrected chi connectivity index (χ1v) is 7.08. The van der Waals surface area contributed by atoms with Crippen LogP contribution in [0.25, 0.3) is 10.9 Å². The Balaban J connectivity index is 2.10. The molecule has 22 heavy (non-hydrogen) atoms. The molecule has 0 fully saturated rings. The van der Waals surface area contributed by atoms with Crippen LogP contribution >= 0.6 is 11.6 Å². The van der Waals surface area contributed by atoms with Crippen LogP contribution in [0, 0.1) is 6.92 Å². The van der Waals surface area contributed by atoms with E-state index in [1.165, 1.54) is 0 Å². The lowest BCUT2D eigenvalue weighted by atomic mass is 10.1. The minimum Gasteiger partial charge on any atom is -0.478 e. The monoisotopic (exact) mass is 312 g/mol. The molecule has 4 nitrogen and oxygen atoms in total. The number of hydrogen-bond donors (Lipinski definition) is 2. The number of anilines is 2. The van der Waals surface area contributed by atoms with Crippen LogP contribution in [-0.4, -0.2) is 16.1 Å². The summed E-state index contributed by atoms with van der Waals surface area (Å²) in [5.41, 5.74) is 2.71. The number of nitrogens with one attached hydrogen (secondary N) is 1. The molecular formula is C17H13ClN2O2. The molecule has 0 aliphatic heterocycles. The normalized spacial score (nSPS) is 10.6. The summed E-state index contributed by atoms with van der Waals surface area (Å²) in [5, 5.41) is 13.7. The molecule has 110 valence electrons. The largest absolute Gasteiger partial charge is 0.478 e. The Labute approximate surface area is 132 Å². The Morgan fingerprint density at radius 1 is 1.14 bits per heavy atom. The smallest absolute Gasteiger partial charge is 0.339 e. The van der Waals surface area contributed by atoms with Crippen LogP contribution < -0.4 is 5.32 Å². The summed E-state index contributed by atoms with van der Waals surface area (Å²) in [6, 6.07) is 14.4. The van der Waals surface area contributed by atoms with E-state index in [1.807, 2.05) is 31.2 Å². The summed E-state index contributed by atoms with van der Waals surface area (Å²) in [4.78, 5) is 15.9. The van der Waals surface area contributed by atoms with Gasteiger partial charge in [0, 0.05) is 16.1 Å². The van der Waals surface area contributed by atoms with Crippen LogP contribution in [-0.2, 0) is 0 Å². The van der Waals surface area contributed by atoms with Crippen LogP contribution in [0.3, 0.4) is 0 Å². The second kappa shape index (κ2) is 5.66. The third-order valence-electron chi connectivity index (χ3n) is 3.32. The van der Waals surface area contributed by atoms with Crippen molar-refractivity contribution in [2.75, 3.05) is 5.32 Å². The summed E-state index contributed by atoms with van der Waals surface area (Å²) in [7, 11) is 0. The third-order valence-corrected chi connectivity index (χ3v) is 3.56. The number of nitrogens with zero attached hydrogens (tertiary/aromatic N) is 1. The first-order chi connectivity index (χ1) is 10.5. The molecule has 2 aromatic carbocycles. The van der Waals surface area contributed by atoms with Crippen LogP contribution in [0.1, 0.15) is 15.9 Å². The van der Waals surface area contributed by atoms with Crippen molar-refractivity contribution in [2.45, 2.75) is 6.92 Å². The lowest BCUT2D eigenvalue weighted by molar-refractivity contribution is 0.0698. The number of pyridine rings is 1. The van der Waals surface area contributed by atoms with E-state index in [2.05, 4.69) is 10.3 Å². The average molecular weight is 313 g/mol. The van der Waals surface area contributed by atoms with Crippen molar-refractivity contribution in [3.05, 3.63) is 64.7 Å². The van der Waals surface area contributed by atoms with Crippen molar-refractivity contribution in [3.8, 4) is 0 Å². The molecular weight excluding hydrogens is 300 g/mol. The Kier molecular flexibility index (Phi) is 3.69. The van der Waals surface area contributed by atoms with Gasteiger partial charge in [-0.05, 0) is 43.3 Å². The Morgan fingerprint density at radius 2 is 1.86 bits per heavy atom. The Hall–Kier alpha value is -2.59. The SMILES string of the molecule is Cc1ccc(Nc2nc3ccc(Cl)cc3cc2C(=O)O)cc1. The maximum Gasteiger partial charge on any atom is 0.339 e. The van der Waals surface area contributed by atoms with Crippen LogP contribution in [0.5, 0.6) is 0 Å². The number of aromatic nitrogens is 1. The van der Waals surface area contributed by atoms with E-state index in [4.69, 9.17) is 11.6 Å². The van der Waals surface area contributed by atoms with Gasteiger partial charge < -0.3 is 10.4 Å². The van der Waals surface area contributed by atoms with Gasteiger partial charge in [0.2, 0.25) is 0 Å². The number of rotatable bonds is 3. The molecule has 0 atom stereocenters. The fourth-order valence-electron chi connectivity index (χ4n) is 2.18.